The average Bonchev–Trinajstić information content (AvgIpc) is 2.79. The minimum absolute atomic E-state index is 0.131. The predicted molar refractivity (Wildman–Crippen MR) is 75.4 cm³/mol. The number of carbonyl (C=O) groups is 1. The van der Waals surface area contributed by atoms with Gasteiger partial charge in [-0.15, -0.1) is 0 Å². The number of rotatable bonds is 4. The fraction of sp³-hybridized carbons (Fsp3) is 0.167. The molecule has 106 valence electrons. The highest BCUT2D eigenvalue weighted by Crippen LogP contribution is 2.25. The molecule has 2 aromatic rings. The third-order valence-electron chi connectivity index (χ3n) is 2.44. The number of nitrogens with zero attached hydrogens (tertiary/aromatic N) is 1. The highest BCUT2D eigenvalue weighted by Gasteiger charge is 2.20. The van der Waals surface area contributed by atoms with Crippen LogP contribution in [0.5, 0.6) is 0 Å². The number of thiazole rings is 1. The number of aryl methyl sites for hydroxylation is 1. The Morgan fingerprint density at radius 2 is 1.95 bits per heavy atom. The largest absolute Gasteiger partial charge is 0.465 e. The number of hydrogen-bond acceptors (Lipinski definition) is 6. The van der Waals surface area contributed by atoms with E-state index in [1.165, 1.54) is 19.2 Å². The van der Waals surface area contributed by atoms with Crippen molar-refractivity contribution in [3.05, 3.63) is 40.9 Å². The van der Waals surface area contributed by atoms with Crippen molar-refractivity contribution in [1.82, 2.24) is 4.98 Å². The number of carbonyl (C=O) groups excluding carboxylic acids is 1. The van der Waals surface area contributed by atoms with E-state index in [0.717, 1.165) is 11.3 Å². The van der Waals surface area contributed by atoms with Crippen LogP contribution in [-0.4, -0.2) is 26.5 Å². The zero-order valence-corrected chi connectivity index (χ0v) is 12.4. The van der Waals surface area contributed by atoms with Crippen LogP contribution >= 0.6 is 11.3 Å². The second kappa shape index (κ2) is 5.59. The van der Waals surface area contributed by atoms with Crippen LogP contribution in [0.25, 0.3) is 0 Å². The smallest absolute Gasteiger partial charge is 0.350 e. The minimum atomic E-state index is -3.70. The summed E-state index contributed by atoms with van der Waals surface area (Å²) in [6, 6.07) is 7.93. The van der Waals surface area contributed by atoms with E-state index >= 15 is 0 Å². The van der Waals surface area contributed by atoms with Crippen LogP contribution in [0.1, 0.15) is 15.4 Å². The van der Waals surface area contributed by atoms with Crippen molar-refractivity contribution in [1.29, 1.82) is 0 Å². The number of nitrogens with one attached hydrogen (secondary N) is 1. The summed E-state index contributed by atoms with van der Waals surface area (Å²) in [6.07, 6.45) is 0. The number of sulfonamides is 1. The number of esters is 1. The second-order valence-electron chi connectivity index (χ2n) is 3.84. The summed E-state index contributed by atoms with van der Waals surface area (Å²) in [4.78, 5) is 15.9. The molecule has 1 heterocycles. The second-order valence-corrected chi connectivity index (χ2v) is 6.53. The van der Waals surface area contributed by atoms with Gasteiger partial charge < -0.3 is 4.74 Å². The van der Waals surface area contributed by atoms with E-state index in [4.69, 9.17) is 0 Å². The summed E-state index contributed by atoms with van der Waals surface area (Å²) in [5.74, 6) is -0.537. The Balaban J connectivity index is 2.29. The first-order valence-electron chi connectivity index (χ1n) is 5.57. The van der Waals surface area contributed by atoms with E-state index in [1.807, 2.05) is 0 Å². The fourth-order valence-electron chi connectivity index (χ4n) is 1.50. The zero-order chi connectivity index (χ0) is 14.8. The Morgan fingerprint density at radius 1 is 1.30 bits per heavy atom. The van der Waals surface area contributed by atoms with E-state index in [-0.39, 0.29) is 14.9 Å². The van der Waals surface area contributed by atoms with Gasteiger partial charge in [0, 0.05) is 0 Å². The Bertz CT molecular complexity index is 723. The molecule has 2 rings (SSSR count). The van der Waals surface area contributed by atoms with Gasteiger partial charge in [0.1, 0.15) is 4.88 Å². The monoisotopic (exact) mass is 312 g/mol. The van der Waals surface area contributed by atoms with Crippen LogP contribution in [0.2, 0.25) is 0 Å². The molecule has 0 spiro atoms. The normalized spacial score (nSPS) is 11.1. The Kier molecular flexibility index (Phi) is 4.05. The number of anilines is 1. The van der Waals surface area contributed by atoms with Gasteiger partial charge in [0.2, 0.25) is 0 Å². The molecule has 0 saturated carbocycles. The van der Waals surface area contributed by atoms with Gasteiger partial charge in [-0.3, -0.25) is 4.72 Å². The zero-order valence-electron chi connectivity index (χ0n) is 10.8. The number of ether oxygens (including phenoxy) is 1. The van der Waals surface area contributed by atoms with E-state index in [9.17, 15) is 13.2 Å². The molecule has 0 aliphatic carbocycles. The summed E-state index contributed by atoms with van der Waals surface area (Å²) in [5.41, 5.74) is 0.424. The van der Waals surface area contributed by atoms with Crippen LogP contribution in [-0.2, 0) is 14.8 Å². The molecule has 20 heavy (non-hydrogen) atoms. The minimum Gasteiger partial charge on any atom is -0.465 e. The Hall–Kier alpha value is -1.93. The van der Waals surface area contributed by atoms with Crippen molar-refractivity contribution < 1.29 is 17.9 Å². The lowest BCUT2D eigenvalue weighted by molar-refractivity contribution is 0.0605. The van der Waals surface area contributed by atoms with Gasteiger partial charge >= 0.3 is 5.97 Å². The molecule has 1 N–H and O–H groups in total. The lowest BCUT2D eigenvalue weighted by Gasteiger charge is -2.04. The first-order chi connectivity index (χ1) is 9.44. The summed E-state index contributed by atoms with van der Waals surface area (Å²) >= 11 is 0.938. The molecule has 0 fully saturated rings. The van der Waals surface area contributed by atoms with Crippen molar-refractivity contribution >= 4 is 32.5 Å². The lowest BCUT2D eigenvalue weighted by atomic mass is 10.4. The molecule has 0 radical (unpaired) electrons. The summed E-state index contributed by atoms with van der Waals surface area (Å²) in [5, 5.41) is 0.131. The van der Waals surface area contributed by atoms with E-state index < -0.39 is 16.0 Å². The molecule has 1 aromatic carbocycles. The molecule has 8 heteroatoms. The Morgan fingerprint density at radius 3 is 2.55 bits per heavy atom. The van der Waals surface area contributed by atoms with Crippen molar-refractivity contribution in [2.24, 2.45) is 0 Å². The van der Waals surface area contributed by atoms with Crippen molar-refractivity contribution in [3.63, 3.8) is 0 Å². The molecular weight excluding hydrogens is 300 g/mol. The average molecular weight is 312 g/mol. The van der Waals surface area contributed by atoms with Crippen LogP contribution in [0.3, 0.4) is 0 Å². The standard InChI is InChI=1S/C12H12N2O4S2/c1-8-10(11(15)18-2)19-12(13-8)14-20(16,17)9-6-4-3-5-7-9/h3-7H,1-2H3,(H,13,14). The van der Waals surface area contributed by atoms with Gasteiger partial charge in [-0.2, -0.15) is 0 Å². The fourth-order valence-corrected chi connectivity index (χ4v) is 3.64. The molecular formula is C12H12N2O4S2. The van der Waals surface area contributed by atoms with Gasteiger partial charge in [0.25, 0.3) is 10.0 Å². The SMILES string of the molecule is COC(=O)c1sc(NS(=O)(=O)c2ccccc2)nc1C. The summed E-state index contributed by atoms with van der Waals surface area (Å²) in [7, 11) is -2.44. The maximum atomic E-state index is 12.1. The highest BCUT2D eigenvalue weighted by atomic mass is 32.2. The number of methoxy groups -OCH3 is 1. The van der Waals surface area contributed by atoms with Gasteiger partial charge in [-0.05, 0) is 19.1 Å². The molecule has 0 aliphatic heterocycles. The third kappa shape index (κ3) is 2.97. The van der Waals surface area contributed by atoms with Gasteiger partial charge in [0.05, 0.1) is 17.7 Å². The molecule has 0 bridgehead atoms. The first kappa shape index (κ1) is 14.5. The number of benzene rings is 1. The lowest BCUT2D eigenvalue weighted by Crippen LogP contribution is -2.12. The number of hydrogen-bond donors (Lipinski definition) is 1. The third-order valence-corrected chi connectivity index (χ3v) is 4.98. The maximum Gasteiger partial charge on any atom is 0.350 e. The quantitative estimate of drug-likeness (QED) is 0.873. The van der Waals surface area contributed by atoms with Crippen LogP contribution < -0.4 is 4.72 Å². The summed E-state index contributed by atoms with van der Waals surface area (Å²) in [6.45, 7) is 1.61. The Labute approximate surface area is 120 Å². The topological polar surface area (TPSA) is 85.4 Å². The van der Waals surface area contributed by atoms with Crippen molar-refractivity contribution in [2.45, 2.75) is 11.8 Å². The predicted octanol–water partition coefficient (Wildman–Crippen LogP) is 2.04. The van der Waals surface area contributed by atoms with Crippen molar-refractivity contribution in [2.75, 3.05) is 11.8 Å². The van der Waals surface area contributed by atoms with Crippen LogP contribution in [0.15, 0.2) is 35.2 Å². The number of aromatic nitrogens is 1. The molecule has 1 aromatic heterocycles. The van der Waals surface area contributed by atoms with Crippen molar-refractivity contribution in [3.8, 4) is 0 Å². The molecule has 6 nitrogen and oxygen atoms in total. The van der Waals surface area contributed by atoms with Gasteiger partial charge in [-0.25, -0.2) is 18.2 Å². The summed E-state index contributed by atoms with van der Waals surface area (Å²) < 4.78 is 31.1. The van der Waals surface area contributed by atoms with E-state index in [1.54, 1.807) is 25.1 Å². The van der Waals surface area contributed by atoms with Crippen LogP contribution in [0, 0.1) is 6.92 Å². The van der Waals surface area contributed by atoms with Crippen LogP contribution in [0.4, 0.5) is 5.13 Å². The maximum absolute atomic E-state index is 12.1. The molecule has 0 saturated heterocycles. The first-order valence-corrected chi connectivity index (χ1v) is 7.87. The highest BCUT2D eigenvalue weighted by molar-refractivity contribution is 7.93. The molecule has 0 aliphatic rings. The molecule has 0 atom stereocenters. The molecule has 0 amide bonds. The van der Waals surface area contributed by atoms with Gasteiger partial charge in [0.15, 0.2) is 5.13 Å². The van der Waals surface area contributed by atoms with E-state index in [2.05, 4.69) is 14.4 Å². The van der Waals surface area contributed by atoms with Gasteiger partial charge in [-0.1, -0.05) is 29.5 Å². The molecule has 0 unspecified atom stereocenters. The van der Waals surface area contributed by atoms with E-state index in [0.29, 0.717) is 5.69 Å².